The molecule has 0 unspecified atom stereocenters. The van der Waals surface area contributed by atoms with Crippen LogP contribution in [0.3, 0.4) is 0 Å². The van der Waals surface area contributed by atoms with E-state index >= 15 is 0 Å². The lowest BCUT2D eigenvalue weighted by molar-refractivity contribution is 0.0602. The third-order valence-electron chi connectivity index (χ3n) is 3.60. The number of esters is 1. The van der Waals surface area contributed by atoms with Gasteiger partial charge in [0.15, 0.2) is 5.11 Å². The van der Waals surface area contributed by atoms with E-state index in [0.29, 0.717) is 15.7 Å². The summed E-state index contributed by atoms with van der Waals surface area (Å²) in [6.45, 7) is 0. The third-order valence-corrected chi connectivity index (χ3v) is 6.06. The van der Waals surface area contributed by atoms with Crippen molar-refractivity contribution in [3.05, 3.63) is 69.1 Å². The Labute approximate surface area is 183 Å². The molecule has 0 aliphatic rings. The number of nitrogens with one attached hydrogen (secondary N) is 2. The van der Waals surface area contributed by atoms with E-state index in [1.165, 1.54) is 18.4 Å². The summed E-state index contributed by atoms with van der Waals surface area (Å²) in [7, 11) is 1.36. The largest absolute Gasteiger partial charge is 0.465 e. The Morgan fingerprint density at radius 3 is 2.48 bits per heavy atom. The Hall–Kier alpha value is -1.74. The van der Waals surface area contributed by atoms with Crippen LogP contribution in [0.4, 0.5) is 10.7 Å². The van der Waals surface area contributed by atoms with Crippen molar-refractivity contribution in [2.75, 3.05) is 17.7 Å². The topological polar surface area (TPSA) is 50.4 Å². The molecule has 27 heavy (non-hydrogen) atoms. The number of carbonyl (C=O) groups excluding carboxylic acids is 1. The van der Waals surface area contributed by atoms with Crippen molar-refractivity contribution in [1.29, 1.82) is 0 Å². The molecule has 0 saturated carbocycles. The van der Waals surface area contributed by atoms with E-state index in [1.54, 1.807) is 0 Å². The van der Waals surface area contributed by atoms with Crippen LogP contribution in [0.5, 0.6) is 0 Å². The molecule has 0 spiro atoms. The lowest BCUT2D eigenvalue weighted by Gasteiger charge is -2.12. The van der Waals surface area contributed by atoms with Crippen molar-refractivity contribution in [2.45, 2.75) is 0 Å². The van der Waals surface area contributed by atoms with Crippen LogP contribution in [-0.2, 0) is 4.74 Å². The van der Waals surface area contributed by atoms with E-state index in [0.717, 1.165) is 25.1 Å². The lowest BCUT2D eigenvalue weighted by Crippen LogP contribution is -2.20. The van der Waals surface area contributed by atoms with Crippen LogP contribution in [0.15, 0.2) is 63.5 Å². The molecular weight excluding hydrogens is 512 g/mol. The summed E-state index contributed by atoms with van der Waals surface area (Å²) in [5.41, 5.74) is 2.28. The molecule has 4 nitrogen and oxygen atoms in total. The van der Waals surface area contributed by atoms with Gasteiger partial charge in [-0.3, -0.25) is 0 Å². The van der Waals surface area contributed by atoms with E-state index in [-0.39, 0.29) is 0 Å². The van der Waals surface area contributed by atoms with Crippen molar-refractivity contribution >= 4 is 77.2 Å². The molecule has 1 aromatic heterocycles. The van der Waals surface area contributed by atoms with Crippen molar-refractivity contribution < 1.29 is 9.53 Å². The minimum atomic E-state index is -0.413. The van der Waals surface area contributed by atoms with Gasteiger partial charge >= 0.3 is 5.97 Å². The monoisotopic (exact) mass is 524 g/mol. The zero-order valence-electron chi connectivity index (χ0n) is 14.1. The number of halogens is 2. The van der Waals surface area contributed by atoms with Gasteiger partial charge in [0.25, 0.3) is 0 Å². The van der Waals surface area contributed by atoms with Gasteiger partial charge in [0.05, 0.1) is 18.4 Å². The summed E-state index contributed by atoms with van der Waals surface area (Å²) in [5.74, 6) is -0.413. The smallest absolute Gasteiger partial charge is 0.340 e. The van der Waals surface area contributed by atoms with Crippen LogP contribution in [0.2, 0.25) is 0 Å². The Balaban J connectivity index is 1.85. The Bertz CT molecular complexity index is 991. The van der Waals surface area contributed by atoms with Crippen LogP contribution < -0.4 is 10.6 Å². The minimum Gasteiger partial charge on any atom is -0.465 e. The predicted molar refractivity (Wildman–Crippen MR) is 123 cm³/mol. The molecule has 0 amide bonds. The van der Waals surface area contributed by atoms with Crippen molar-refractivity contribution in [2.24, 2.45) is 0 Å². The second-order valence-corrected chi connectivity index (χ2v) is 8.64. The average Bonchev–Trinajstić information content (AvgIpc) is 3.08. The number of anilines is 2. The van der Waals surface area contributed by atoms with E-state index in [2.05, 4.69) is 42.5 Å². The Kier molecular flexibility index (Phi) is 6.64. The van der Waals surface area contributed by atoms with Gasteiger partial charge in [0, 0.05) is 13.8 Å². The molecule has 2 N–H and O–H groups in total. The van der Waals surface area contributed by atoms with Crippen LogP contribution >= 0.6 is 55.4 Å². The number of methoxy groups -OCH3 is 1. The van der Waals surface area contributed by atoms with Crippen LogP contribution in [-0.4, -0.2) is 18.2 Å². The van der Waals surface area contributed by atoms with Crippen molar-refractivity contribution in [3.63, 3.8) is 0 Å². The van der Waals surface area contributed by atoms with Crippen LogP contribution in [0.1, 0.15) is 10.4 Å². The SMILES string of the molecule is COC(=O)c1cc(-c2ccccc2)sc1NC(=S)Nc1ccc(Br)cc1Br. The van der Waals surface area contributed by atoms with Gasteiger partial charge in [-0.1, -0.05) is 46.3 Å². The molecule has 3 aromatic rings. The summed E-state index contributed by atoms with van der Waals surface area (Å²) in [5, 5.41) is 7.25. The van der Waals surface area contributed by atoms with Gasteiger partial charge < -0.3 is 15.4 Å². The number of thiophene rings is 1. The van der Waals surface area contributed by atoms with Crippen molar-refractivity contribution in [3.8, 4) is 10.4 Å². The normalized spacial score (nSPS) is 10.3. The zero-order chi connectivity index (χ0) is 19.4. The molecule has 0 atom stereocenters. The fourth-order valence-corrected chi connectivity index (χ4v) is 4.82. The summed E-state index contributed by atoms with van der Waals surface area (Å²) in [4.78, 5) is 13.1. The fraction of sp³-hybridized carbons (Fsp3) is 0.0526. The molecule has 0 saturated heterocycles. The van der Waals surface area contributed by atoms with Crippen molar-refractivity contribution in [1.82, 2.24) is 0 Å². The highest BCUT2D eigenvalue weighted by Gasteiger charge is 2.18. The summed E-state index contributed by atoms with van der Waals surface area (Å²) in [6.07, 6.45) is 0. The van der Waals surface area contributed by atoms with Crippen LogP contribution in [0.25, 0.3) is 10.4 Å². The highest BCUT2D eigenvalue weighted by Crippen LogP contribution is 2.36. The maximum atomic E-state index is 12.2. The molecule has 0 bridgehead atoms. The number of carbonyl (C=O) groups is 1. The number of ether oxygens (including phenoxy) is 1. The maximum absolute atomic E-state index is 12.2. The molecule has 0 aliphatic carbocycles. The zero-order valence-corrected chi connectivity index (χ0v) is 18.9. The molecule has 1 heterocycles. The molecule has 0 fully saturated rings. The summed E-state index contributed by atoms with van der Waals surface area (Å²) in [6, 6.07) is 17.4. The van der Waals surface area contributed by atoms with Gasteiger partial charge in [0.1, 0.15) is 5.00 Å². The lowest BCUT2D eigenvalue weighted by atomic mass is 10.1. The molecule has 0 radical (unpaired) electrons. The molecule has 0 aliphatic heterocycles. The predicted octanol–water partition coefficient (Wildman–Crippen LogP) is 6.54. The molecule has 3 rings (SSSR count). The first-order chi connectivity index (χ1) is 13.0. The maximum Gasteiger partial charge on any atom is 0.340 e. The van der Waals surface area contributed by atoms with E-state index < -0.39 is 5.97 Å². The van der Waals surface area contributed by atoms with Gasteiger partial charge in [-0.2, -0.15) is 0 Å². The number of rotatable bonds is 4. The number of hydrogen-bond donors (Lipinski definition) is 2. The Morgan fingerprint density at radius 1 is 1.07 bits per heavy atom. The summed E-state index contributed by atoms with van der Waals surface area (Å²) >= 11 is 13.8. The van der Waals surface area contributed by atoms with Gasteiger partial charge in [-0.15, -0.1) is 11.3 Å². The minimum absolute atomic E-state index is 0.379. The number of hydrogen-bond acceptors (Lipinski definition) is 4. The number of benzene rings is 2. The average molecular weight is 526 g/mol. The summed E-state index contributed by atoms with van der Waals surface area (Å²) < 4.78 is 6.73. The molecule has 8 heteroatoms. The number of thiocarbonyl (C=S) groups is 1. The molecular formula is C19H14Br2N2O2S2. The standard InChI is InChI=1S/C19H14Br2N2O2S2/c1-25-18(24)13-10-16(11-5-3-2-4-6-11)27-17(13)23-19(26)22-15-8-7-12(20)9-14(15)21/h2-10H,1H3,(H2,22,23,26). The van der Waals surface area contributed by atoms with Crippen LogP contribution in [0, 0.1) is 0 Å². The van der Waals surface area contributed by atoms with Gasteiger partial charge in [-0.05, 0) is 58.0 Å². The van der Waals surface area contributed by atoms with Gasteiger partial charge in [0.2, 0.25) is 0 Å². The second-order valence-electron chi connectivity index (χ2n) is 5.41. The highest BCUT2D eigenvalue weighted by atomic mass is 79.9. The first-order valence-electron chi connectivity index (χ1n) is 7.78. The Morgan fingerprint density at radius 2 is 1.81 bits per heavy atom. The first kappa shape index (κ1) is 20.0. The molecule has 138 valence electrons. The van der Waals surface area contributed by atoms with E-state index in [4.69, 9.17) is 17.0 Å². The van der Waals surface area contributed by atoms with E-state index in [9.17, 15) is 4.79 Å². The highest BCUT2D eigenvalue weighted by molar-refractivity contribution is 9.11. The first-order valence-corrected chi connectivity index (χ1v) is 10.6. The third kappa shape index (κ3) is 4.95. The van der Waals surface area contributed by atoms with E-state index in [1.807, 2.05) is 54.6 Å². The van der Waals surface area contributed by atoms with Gasteiger partial charge in [-0.25, -0.2) is 4.79 Å². The second kappa shape index (κ2) is 8.97. The fourth-order valence-electron chi connectivity index (χ4n) is 2.34. The quantitative estimate of drug-likeness (QED) is 0.299. The molecule has 2 aromatic carbocycles.